The summed E-state index contributed by atoms with van der Waals surface area (Å²) in [6, 6.07) is 12.3. The zero-order valence-electron chi connectivity index (χ0n) is 15.2. The quantitative estimate of drug-likeness (QED) is 0.623. The molecular formula is C21H22BrN3OS. The van der Waals surface area contributed by atoms with E-state index in [0.717, 1.165) is 41.8 Å². The van der Waals surface area contributed by atoms with Crippen LogP contribution in [-0.4, -0.2) is 24.0 Å². The number of piperidine rings is 1. The van der Waals surface area contributed by atoms with Gasteiger partial charge in [0, 0.05) is 45.3 Å². The molecule has 0 bridgehead atoms. The molecule has 0 radical (unpaired) electrons. The fraction of sp³-hybridized carbons (Fsp3) is 0.333. The van der Waals surface area contributed by atoms with Gasteiger partial charge in [0.15, 0.2) is 0 Å². The normalized spacial score (nSPS) is 17.3. The van der Waals surface area contributed by atoms with Crippen molar-refractivity contribution in [2.75, 3.05) is 18.0 Å². The maximum absolute atomic E-state index is 12.7. The highest BCUT2D eigenvalue weighted by Gasteiger charge is 2.27. The van der Waals surface area contributed by atoms with Crippen LogP contribution in [0, 0.1) is 12.8 Å². The molecule has 3 heterocycles. The van der Waals surface area contributed by atoms with Crippen molar-refractivity contribution in [3.05, 3.63) is 57.5 Å². The Bertz CT molecular complexity index is 954. The highest BCUT2D eigenvalue weighted by Crippen LogP contribution is 2.33. The third-order valence-electron chi connectivity index (χ3n) is 5.02. The maximum Gasteiger partial charge on any atom is 0.225 e. The smallest absolute Gasteiger partial charge is 0.225 e. The third-order valence-corrected chi connectivity index (χ3v) is 6.56. The Balaban J connectivity index is 1.44. The van der Waals surface area contributed by atoms with E-state index in [-0.39, 0.29) is 11.8 Å². The summed E-state index contributed by atoms with van der Waals surface area (Å²) in [7, 11) is 0. The molecular weight excluding hydrogens is 422 g/mol. The molecule has 1 amide bonds. The summed E-state index contributed by atoms with van der Waals surface area (Å²) in [5.41, 5.74) is 1.11. The Morgan fingerprint density at radius 1 is 1.33 bits per heavy atom. The van der Waals surface area contributed by atoms with Crippen LogP contribution in [0.5, 0.6) is 0 Å². The van der Waals surface area contributed by atoms with Gasteiger partial charge in [-0.25, -0.2) is 4.98 Å². The number of aromatic nitrogens is 1. The van der Waals surface area contributed by atoms with Crippen LogP contribution >= 0.6 is 27.3 Å². The van der Waals surface area contributed by atoms with Crippen molar-refractivity contribution >= 4 is 49.1 Å². The van der Waals surface area contributed by atoms with Gasteiger partial charge in [0.05, 0.1) is 5.92 Å². The Kier molecular flexibility index (Phi) is 5.45. The number of aryl methyl sites for hydroxylation is 1. The molecule has 27 heavy (non-hydrogen) atoms. The molecule has 0 saturated carbocycles. The van der Waals surface area contributed by atoms with Crippen molar-refractivity contribution in [3.8, 4) is 0 Å². The molecule has 4 nitrogen and oxygen atoms in total. The molecule has 2 aromatic heterocycles. The van der Waals surface area contributed by atoms with Crippen LogP contribution in [-0.2, 0) is 11.3 Å². The van der Waals surface area contributed by atoms with Crippen LogP contribution in [0.1, 0.15) is 23.3 Å². The number of carbonyl (C=O) groups is 1. The highest BCUT2D eigenvalue weighted by atomic mass is 79.9. The largest absolute Gasteiger partial charge is 0.355 e. The number of nitrogens with one attached hydrogen (secondary N) is 1. The van der Waals surface area contributed by atoms with Gasteiger partial charge in [-0.15, -0.1) is 11.3 Å². The van der Waals surface area contributed by atoms with Crippen molar-refractivity contribution in [1.29, 1.82) is 0 Å². The van der Waals surface area contributed by atoms with E-state index in [2.05, 4.69) is 50.2 Å². The van der Waals surface area contributed by atoms with Gasteiger partial charge in [0.2, 0.25) is 5.91 Å². The van der Waals surface area contributed by atoms with Crippen LogP contribution in [0.3, 0.4) is 0 Å². The van der Waals surface area contributed by atoms with Crippen LogP contribution in [0.15, 0.2) is 47.1 Å². The van der Waals surface area contributed by atoms with E-state index in [1.165, 1.54) is 15.0 Å². The number of anilines is 1. The lowest BCUT2D eigenvalue weighted by Crippen LogP contribution is -2.43. The van der Waals surface area contributed by atoms with Gasteiger partial charge >= 0.3 is 0 Å². The molecule has 1 aliphatic rings. The predicted molar refractivity (Wildman–Crippen MR) is 115 cm³/mol. The number of nitrogens with zero attached hydrogens (tertiary/aromatic N) is 2. The van der Waals surface area contributed by atoms with Crippen molar-refractivity contribution in [2.45, 2.75) is 26.3 Å². The SMILES string of the molecule is Cc1cc2c(N3CCC[C@H](C(=O)NCc4ccc(Br)cc4)C3)nccc2s1. The summed E-state index contributed by atoms with van der Waals surface area (Å²) in [5.74, 6) is 1.16. The number of pyridine rings is 1. The van der Waals surface area contributed by atoms with Crippen molar-refractivity contribution in [1.82, 2.24) is 10.3 Å². The van der Waals surface area contributed by atoms with E-state index >= 15 is 0 Å². The number of rotatable bonds is 4. The number of carbonyl (C=O) groups excluding carboxylic acids is 1. The van der Waals surface area contributed by atoms with Gasteiger partial charge in [0.25, 0.3) is 0 Å². The molecule has 140 valence electrons. The Hall–Kier alpha value is -1.92. The standard InChI is InChI=1S/C21H22BrN3OS/c1-14-11-18-19(27-14)8-9-23-20(18)25-10-2-3-16(13-25)21(26)24-12-15-4-6-17(22)7-5-15/h4-9,11,16H,2-3,10,12-13H2,1H3,(H,24,26)/t16-/m0/s1. The Morgan fingerprint density at radius 3 is 2.96 bits per heavy atom. The lowest BCUT2D eigenvalue weighted by Gasteiger charge is -2.33. The number of amides is 1. The second kappa shape index (κ2) is 7.98. The van der Waals surface area contributed by atoms with Crippen LogP contribution in [0.4, 0.5) is 5.82 Å². The molecule has 1 atom stereocenters. The van der Waals surface area contributed by atoms with Crippen LogP contribution < -0.4 is 10.2 Å². The van der Waals surface area contributed by atoms with Gasteiger partial charge in [-0.3, -0.25) is 4.79 Å². The number of benzene rings is 1. The minimum atomic E-state index is 0.00554. The lowest BCUT2D eigenvalue weighted by molar-refractivity contribution is -0.125. The second-order valence-corrected chi connectivity index (χ2v) is 9.24. The fourth-order valence-corrected chi connectivity index (χ4v) is 4.82. The number of hydrogen-bond acceptors (Lipinski definition) is 4. The van der Waals surface area contributed by atoms with E-state index in [4.69, 9.17) is 0 Å². The number of hydrogen-bond donors (Lipinski definition) is 1. The molecule has 1 aromatic carbocycles. The zero-order chi connectivity index (χ0) is 18.8. The van der Waals surface area contributed by atoms with Crippen molar-refractivity contribution in [2.24, 2.45) is 5.92 Å². The van der Waals surface area contributed by atoms with Gasteiger partial charge in [-0.2, -0.15) is 0 Å². The zero-order valence-corrected chi connectivity index (χ0v) is 17.6. The van der Waals surface area contributed by atoms with Crippen molar-refractivity contribution in [3.63, 3.8) is 0 Å². The van der Waals surface area contributed by atoms with E-state index in [1.807, 2.05) is 30.5 Å². The van der Waals surface area contributed by atoms with E-state index in [1.54, 1.807) is 11.3 Å². The first-order chi connectivity index (χ1) is 13.1. The van der Waals surface area contributed by atoms with E-state index < -0.39 is 0 Å². The molecule has 1 saturated heterocycles. The molecule has 1 fully saturated rings. The van der Waals surface area contributed by atoms with Crippen LogP contribution in [0.2, 0.25) is 0 Å². The molecule has 3 aromatic rings. The topological polar surface area (TPSA) is 45.2 Å². The monoisotopic (exact) mass is 443 g/mol. The molecule has 0 spiro atoms. The molecule has 6 heteroatoms. The molecule has 1 N–H and O–H groups in total. The summed E-state index contributed by atoms with van der Waals surface area (Å²) in [6.45, 7) is 4.38. The highest BCUT2D eigenvalue weighted by molar-refractivity contribution is 9.10. The first-order valence-corrected chi connectivity index (χ1v) is 10.8. The van der Waals surface area contributed by atoms with Crippen LogP contribution in [0.25, 0.3) is 10.1 Å². The Labute approximate surface area is 171 Å². The minimum Gasteiger partial charge on any atom is -0.355 e. The van der Waals surface area contributed by atoms with E-state index in [9.17, 15) is 4.79 Å². The maximum atomic E-state index is 12.7. The summed E-state index contributed by atoms with van der Waals surface area (Å²) in [4.78, 5) is 20.9. The predicted octanol–water partition coefficient (Wildman–Crippen LogP) is 4.90. The second-order valence-electron chi connectivity index (χ2n) is 7.03. The van der Waals surface area contributed by atoms with Gasteiger partial charge in [0.1, 0.15) is 5.82 Å². The summed E-state index contributed by atoms with van der Waals surface area (Å²) >= 11 is 5.23. The van der Waals surface area contributed by atoms with Gasteiger partial charge in [-0.1, -0.05) is 28.1 Å². The molecule has 1 aliphatic heterocycles. The van der Waals surface area contributed by atoms with E-state index in [0.29, 0.717) is 6.54 Å². The van der Waals surface area contributed by atoms with Crippen molar-refractivity contribution < 1.29 is 4.79 Å². The van der Waals surface area contributed by atoms with Gasteiger partial charge < -0.3 is 10.2 Å². The molecule has 0 aliphatic carbocycles. The average Bonchev–Trinajstić information content (AvgIpc) is 3.07. The summed E-state index contributed by atoms with van der Waals surface area (Å²) < 4.78 is 2.31. The summed E-state index contributed by atoms with van der Waals surface area (Å²) in [6.07, 6.45) is 3.82. The first-order valence-electron chi connectivity index (χ1n) is 9.22. The molecule has 0 unspecified atom stereocenters. The average molecular weight is 444 g/mol. The fourth-order valence-electron chi connectivity index (χ4n) is 3.65. The number of halogens is 1. The number of thiophene rings is 1. The third kappa shape index (κ3) is 4.17. The van der Waals surface area contributed by atoms with Gasteiger partial charge in [-0.05, 0) is 49.6 Å². The lowest BCUT2D eigenvalue weighted by atomic mass is 9.96. The number of fused-ring (bicyclic) bond motifs is 1. The first kappa shape index (κ1) is 18.4. The minimum absolute atomic E-state index is 0.00554. The Morgan fingerprint density at radius 2 is 2.15 bits per heavy atom. The summed E-state index contributed by atoms with van der Waals surface area (Å²) in [5, 5.41) is 4.31. The molecule has 4 rings (SSSR count).